The monoisotopic (exact) mass is 396 g/mol. The van der Waals surface area contributed by atoms with Crippen LogP contribution in [0.2, 0.25) is 0 Å². The summed E-state index contributed by atoms with van der Waals surface area (Å²) in [4.78, 5) is 0.363. The van der Waals surface area contributed by atoms with E-state index >= 15 is 0 Å². The topological polar surface area (TPSA) is 20.2 Å². The first kappa shape index (κ1) is 9.35. The van der Waals surface area contributed by atoms with Crippen molar-refractivity contribution in [2.24, 2.45) is 41.4 Å². The van der Waals surface area contributed by atoms with E-state index in [1.54, 1.807) is 0 Å². The van der Waals surface area contributed by atoms with Crippen LogP contribution in [-0.2, 0) is 0 Å². The molecule has 0 spiro atoms. The Labute approximate surface area is 114 Å². The fourth-order valence-electron chi connectivity index (χ4n) is 6.49. The third-order valence-electron chi connectivity index (χ3n) is 6.34. The standard InChI is InChI=1S/C11H11Br3O/c12-9-5-3-1-2-4(5)8-10(9,15)6(3)7(2)11(8,13)14/h2-9,15H,1H2/t2-,3+,4-,5+,6-,7+,8-,9-,10-/m0/s1. The molecular formula is C11H11Br3O. The Morgan fingerprint density at radius 1 is 1.07 bits per heavy atom. The zero-order valence-electron chi connectivity index (χ0n) is 7.91. The second-order valence-corrected chi connectivity index (χ2v) is 10.9. The van der Waals surface area contributed by atoms with Gasteiger partial charge in [-0.05, 0) is 41.9 Å². The number of aliphatic hydroxyl groups is 1. The fraction of sp³-hybridized carbons (Fsp3) is 1.00. The Morgan fingerprint density at radius 3 is 2.40 bits per heavy atom. The molecule has 0 aliphatic heterocycles. The van der Waals surface area contributed by atoms with Gasteiger partial charge in [0.1, 0.15) is 0 Å². The molecule has 9 atom stereocenters. The first-order chi connectivity index (χ1) is 7.00. The molecular weight excluding hydrogens is 388 g/mol. The van der Waals surface area contributed by atoms with E-state index in [9.17, 15) is 5.11 Å². The largest absolute Gasteiger partial charge is 0.388 e. The summed E-state index contributed by atoms with van der Waals surface area (Å²) >= 11 is 11.6. The Bertz CT molecular complexity index is 395. The second-order valence-electron chi connectivity index (χ2n) is 6.21. The maximum atomic E-state index is 11.0. The average molecular weight is 399 g/mol. The van der Waals surface area contributed by atoms with Crippen molar-refractivity contribution in [1.82, 2.24) is 0 Å². The van der Waals surface area contributed by atoms with Crippen LogP contribution in [0.3, 0.4) is 0 Å². The van der Waals surface area contributed by atoms with E-state index in [0.29, 0.717) is 22.6 Å². The Balaban J connectivity index is 1.88. The van der Waals surface area contributed by atoms with Gasteiger partial charge in [-0.15, -0.1) is 0 Å². The van der Waals surface area contributed by atoms with Crippen molar-refractivity contribution in [2.45, 2.75) is 20.1 Å². The van der Waals surface area contributed by atoms with Gasteiger partial charge in [-0.3, -0.25) is 0 Å². The maximum absolute atomic E-state index is 11.0. The van der Waals surface area contributed by atoms with E-state index in [-0.39, 0.29) is 3.23 Å². The molecule has 0 amide bonds. The van der Waals surface area contributed by atoms with Crippen LogP contribution in [0.5, 0.6) is 0 Å². The quantitative estimate of drug-likeness (QED) is 0.622. The van der Waals surface area contributed by atoms with Crippen LogP contribution < -0.4 is 0 Å². The number of hydrogen-bond acceptors (Lipinski definition) is 1. The minimum Gasteiger partial charge on any atom is -0.388 e. The van der Waals surface area contributed by atoms with Gasteiger partial charge < -0.3 is 5.11 Å². The Kier molecular flexibility index (Phi) is 1.35. The third kappa shape index (κ3) is 0.609. The summed E-state index contributed by atoms with van der Waals surface area (Å²) in [6, 6.07) is 0. The maximum Gasteiger partial charge on any atom is 0.0898 e. The molecule has 0 aromatic heterocycles. The lowest BCUT2D eigenvalue weighted by Crippen LogP contribution is -2.46. The SMILES string of the molecule is O[C@]12[C@H]3[C@@H]4C[C@H]5[C@@H]([C@@H]4[C@@H]1Br)[C@@H]2C(Br)(Br)[C@H]53. The molecule has 6 aliphatic rings. The van der Waals surface area contributed by atoms with Gasteiger partial charge in [0.2, 0.25) is 0 Å². The van der Waals surface area contributed by atoms with Crippen molar-refractivity contribution in [3.05, 3.63) is 0 Å². The third-order valence-corrected chi connectivity index (χ3v) is 9.73. The van der Waals surface area contributed by atoms with Crippen molar-refractivity contribution >= 4 is 47.8 Å². The Hall–Kier alpha value is 1.40. The van der Waals surface area contributed by atoms with Gasteiger partial charge in [0.05, 0.1) is 8.83 Å². The van der Waals surface area contributed by atoms with Crippen molar-refractivity contribution in [3.63, 3.8) is 0 Å². The van der Waals surface area contributed by atoms with Gasteiger partial charge in [0.15, 0.2) is 0 Å². The summed E-state index contributed by atoms with van der Waals surface area (Å²) in [5.41, 5.74) is -0.412. The molecule has 82 valence electrons. The van der Waals surface area contributed by atoms with Crippen molar-refractivity contribution < 1.29 is 5.11 Å². The first-order valence-corrected chi connectivity index (χ1v) is 8.25. The van der Waals surface area contributed by atoms with Gasteiger partial charge in [-0.25, -0.2) is 0 Å². The highest BCUT2D eigenvalue weighted by atomic mass is 79.9. The summed E-state index contributed by atoms with van der Waals surface area (Å²) in [6.07, 6.45) is 1.38. The normalized spacial score (nSPS) is 79.2. The van der Waals surface area contributed by atoms with Crippen LogP contribution in [0.15, 0.2) is 0 Å². The predicted molar refractivity (Wildman–Crippen MR) is 67.3 cm³/mol. The van der Waals surface area contributed by atoms with Crippen LogP contribution in [0.4, 0.5) is 0 Å². The molecule has 1 N–H and O–H groups in total. The lowest BCUT2D eigenvalue weighted by atomic mass is 9.69. The van der Waals surface area contributed by atoms with Crippen LogP contribution in [0, 0.1) is 41.4 Å². The molecule has 0 radical (unpaired) electrons. The van der Waals surface area contributed by atoms with Gasteiger partial charge >= 0.3 is 0 Å². The average Bonchev–Trinajstić information content (AvgIpc) is 2.81. The lowest BCUT2D eigenvalue weighted by molar-refractivity contribution is -0.0514. The highest BCUT2D eigenvalue weighted by Gasteiger charge is 2.91. The summed E-state index contributed by atoms with van der Waals surface area (Å²) in [5.74, 6) is 4.93. The minimum absolute atomic E-state index is 0.0424. The first-order valence-electron chi connectivity index (χ1n) is 5.75. The van der Waals surface area contributed by atoms with Crippen LogP contribution >= 0.6 is 47.8 Å². The molecule has 0 saturated heterocycles. The lowest BCUT2D eigenvalue weighted by Gasteiger charge is -2.38. The van der Waals surface area contributed by atoms with Crippen LogP contribution in [-0.4, -0.2) is 18.8 Å². The number of rotatable bonds is 0. The number of hydrogen-bond donors (Lipinski definition) is 1. The zero-order valence-corrected chi connectivity index (χ0v) is 12.7. The molecule has 1 nitrogen and oxygen atoms in total. The fourth-order valence-corrected chi connectivity index (χ4v) is 10.4. The molecule has 6 fully saturated rings. The molecule has 0 heterocycles. The van der Waals surface area contributed by atoms with Crippen LogP contribution in [0.1, 0.15) is 6.42 Å². The summed E-state index contributed by atoms with van der Waals surface area (Å²) < 4.78 is 0.0424. The van der Waals surface area contributed by atoms with Crippen LogP contribution in [0.25, 0.3) is 0 Å². The predicted octanol–water partition coefficient (Wildman–Crippen LogP) is 2.74. The molecule has 6 rings (SSSR count). The van der Waals surface area contributed by atoms with Gasteiger partial charge in [-0.2, -0.15) is 0 Å². The van der Waals surface area contributed by atoms with E-state index in [2.05, 4.69) is 47.8 Å². The van der Waals surface area contributed by atoms with E-state index < -0.39 is 5.60 Å². The molecule has 0 aromatic rings. The zero-order chi connectivity index (χ0) is 10.3. The van der Waals surface area contributed by atoms with E-state index in [1.807, 2.05) is 0 Å². The highest BCUT2D eigenvalue weighted by molar-refractivity contribution is 9.25. The second kappa shape index (κ2) is 2.17. The van der Waals surface area contributed by atoms with Gasteiger partial charge in [0.25, 0.3) is 0 Å². The molecule has 6 aliphatic carbocycles. The number of halogens is 3. The van der Waals surface area contributed by atoms with E-state index in [4.69, 9.17) is 0 Å². The summed E-state index contributed by atoms with van der Waals surface area (Å²) in [7, 11) is 0. The smallest absolute Gasteiger partial charge is 0.0898 e. The van der Waals surface area contributed by atoms with E-state index in [1.165, 1.54) is 6.42 Å². The van der Waals surface area contributed by atoms with E-state index in [0.717, 1.165) is 23.7 Å². The number of alkyl halides is 3. The van der Waals surface area contributed by atoms with Gasteiger partial charge in [0, 0.05) is 10.7 Å². The molecule has 0 unspecified atom stereocenters. The Morgan fingerprint density at radius 2 is 1.73 bits per heavy atom. The van der Waals surface area contributed by atoms with Gasteiger partial charge in [-0.1, -0.05) is 47.8 Å². The highest BCUT2D eigenvalue weighted by Crippen LogP contribution is 2.89. The molecule has 6 saturated carbocycles. The summed E-state index contributed by atoms with van der Waals surface area (Å²) in [5, 5.41) is 11.0. The molecule has 0 aromatic carbocycles. The van der Waals surface area contributed by atoms with Crippen molar-refractivity contribution in [3.8, 4) is 0 Å². The molecule has 4 heteroatoms. The van der Waals surface area contributed by atoms with Crippen molar-refractivity contribution in [1.29, 1.82) is 0 Å². The minimum atomic E-state index is -0.412. The molecule has 15 heavy (non-hydrogen) atoms. The molecule has 6 bridgehead atoms. The summed E-state index contributed by atoms with van der Waals surface area (Å²) in [6.45, 7) is 0. The van der Waals surface area contributed by atoms with Crippen molar-refractivity contribution in [2.75, 3.05) is 0 Å².